The van der Waals surface area contributed by atoms with Gasteiger partial charge < -0.3 is 15.0 Å². The van der Waals surface area contributed by atoms with Crippen molar-refractivity contribution in [1.82, 2.24) is 10.0 Å². The highest BCUT2D eigenvalue weighted by atomic mass is 32.2. The molecule has 2 N–H and O–H groups in total. The molecular weight excluding hydrogens is 490 g/mol. The van der Waals surface area contributed by atoms with Gasteiger partial charge >= 0.3 is 6.03 Å². The summed E-state index contributed by atoms with van der Waals surface area (Å²) in [6.07, 6.45) is 1.96. The minimum Gasteiger partial charge on any atom is -0.493 e. The zero-order chi connectivity index (χ0) is 26.4. The monoisotopic (exact) mass is 521 g/mol. The average molecular weight is 522 g/mol. The van der Waals surface area contributed by atoms with Crippen LogP contribution in [0.15, 0.2) is 77.7 Å². The molecule has 1 atom stereocenters. The second-order valence-electron chi connectivity index (χ2n) is 8.91. The molecule has 3 aromatic rings. The van der Waals surface area contributed by atoms with E-state index in [-0.39, 0.29) is 17.2 Å². The Bertz CT molecular complexity index is 1380. The number of benzene rings is 3. The van der Waals surface area contributed by atoms with Crippen molar-refractivity contribution in [3.8, 4) is 5.75 Å². The number of urea groups is 1. The number of fused-ring (bicyclic) bond motifs is 1. The minimum absolute atomic E-state index is 0.00236. The van der Waals surface area contributed by atoms with Crippen LogP contribution in [0.5, 0.6) is 5.75 Å². The molecule has 0 saturated heterocycles. The summed E-state index contributed by atoms with van der Waals surface area (Å²) in [4.78, 5) is 28.3. The van der Waals surface area contributed by atoms with E-state index in [4.69, 9.17) is 4.74 Å². The SMILES string of the molecule is CCN(C(=O)C(Cc1ccccc1)NC(=O)NS(=O)(=O)c1ccccc1C)c1ccc2c(c1)CCCO2. The zero-order valence-corrected chi connectivity index (χ0v) is 21.8. The third kappa shape index (κ3) is 6.29. The number of nitrogens with one attached hydrogen (secondary N) is 2. The molecule has 37 heavy (non-hydrogen) atoms. The summed E-state index contributed by atoms with van der Waals surface area (Å²) in [7, 11) is -4.12. The molecule has 9 heteroatoms. The van der Waals surface area contributed by atoms with Crippen LogP contribution in [0.4, 0.5) is 10.5 Å². The Balaban J connectivity index is 1.58. The number of carbonyl (C=O) groups excluding carboxylic acids is 2. The van der Waals surface area contributed by atoms with E-state index in [1.165, 1.54) is 6.07 Å². The van der Waals surface area contributed by atoms with Crippen LogP contribution in [0.2, 0.25) is 0 Å². The maximum atomic E-state index is 13.8. The normalized spacial score (nSPS) is 13.6. The quantitative estimate of drug-likeness (QED) is 0.467. The molecule has 3 aromatic carbocycles. The second kappa shape index (κ2) is 11.5. The van der Waals surface area contributed by atoms with E-state index in [1.807, 2.05) is 55.5 Å². The fraction of sp³-hybridized carbons (Fsp3) is 0.286. The van der Waals surface area contributed by atoms with Gasteiger partial charge in [0.1, 0.15) is 11.8 Å². The number of hydrogen-bond donors (Lipinski definition) is 2. The van der Waals surface area contributed by atoms with E-state index >= 15 is 0 Å². The molecule has 4 rings (SSSR count). The summed E-state index contributed by atoms with van der Waals surface area (Å²) in [5.74, 6) is 0.477. The van der Waals surface area contributed by atoms with Gasteiger partial charge in [0.2, 0.25) is 5.91 Å². The minimum atomic E-state index is -4.12. The summed E-state index contributed by atoms with van der Waals surface area (Å²) in [5, 5.41) is 2.61. The molecule has 1 unspecified atom stereocenters. The summed E-state index contributed by atoms with van der Waals surface area (Å²) >= 11 is 0. The lowest BCUT2D eigenvalue weighted by molar-refractivity contribution is -0.120. The van der Waals surface area contributed by atoms with E-state index < -0.39 is 22.1 Å². The van der Waals surface area contributed by atoms with Gasteiger partial charge in [-0.15, -0.1) is 0 Å². The third-order valence-electron chi connectivity index (χ3n) is 6.28. The number of sulfonamides is 1. The lowest BCUT2D eigenvalue weighted by Crippen LogP contribution is -2.53. The second-order valence-corrected chi connectivity index (χ2v) is 10.6. The third-order valence-corrected chi connectivity index (χ3v) is 7.77. The van der Waals surface area contributed by atoms with E-state index in [0.717, 1.165) is 29.7 Å². The molecule has 0 aliphatic carbocycles. The highest BCUT2D eigenvalue weighted by molar-refractivity contribution is 7.90. The van der Waals surface area contributed by atoms with Crippen LogP contribution in [0, 0.1) is 6.92 Å². The molecule has 0 spiro atoms. The summed E-state index contributed by atoms with van der Waals surface area (Å²) in [6.45, 7) is 4.55. The van der Waals surface area contributed by atoms with Crippen molar-refractivity contribution in [3.63, 3.8) is 0 Å². The first-order valence-corrected chi connectivity index (χ1v) is 13.8. The lowest BCUT2D eigenvalue weighted by atomic mass is 10.0. The number of aryl methyl sites for hydroxylation is 2. The smallest absolute Gasteiger partial charge is 0.329 e. The number of amides is 3. The molecule has 1 aliphatic rings. The van der Waals surface area contributed by atoms with Crippen LogP contribution >= 0.6 is 0 Å². The number of nitrogens with zero attached hydrogens (tertiary/aromatic N) is 1. The van der Waals surface area contributed by atoms with E-state index in [1.54, 1.807) is 30.0 Å². The highest BCUT2D eigenvalue weighted by Crippen LogP contribution is 2.29. The van der Waals surface area contributed by atoms with Gasteiger partial charge in [0.15, 0.2) is 0 Å². The van der Waals surface area contributed by atoms with Gasteiger partial charge in [-0.3, -0.25) is 4.79 Å². The maximum Gasteiger partial charge on any atom is 0.329 e. The Kier molecular flexibility index (Phi) is 8.13. The lowest BCUT2D eigenvalue weighted by Gasteiger charge is -2.28. The molecule has 0 aromatic heterocycles. The van der Waals surface area contributed by atoms with Crippen molar-refractivity contribution in [3.05, 3.63) is 89.5 Å². The van der Waals surface area contributed by atoms with Crippen molar-refractivity contribution >= 4 is 27.6 Å². The van der Waals surface area contributed by atoms with Gasteiger partial charge in [0.05, 0.1) is 11.5 Å². The van der Waals surface area contributed by atoms with Crippen LogP contribution in [-0.2, 0) is 27.7 Å². The Morgan fingerprint density at radius 2 is 1.76 bits per heavy atom. The molecule has 1 aliphatic heterocycles. The van der Waals surface area contributed by atoms with Gasteiger partial charge in [0.25, 0.3) is 10.0 Å². The van der Waals surface area contributed by atoms with Crippen molar-refractivity contribution in [2.75, 3.05) is 18.1 Å². The Morgan fingerprint density at radius 1 is 1.03 bits per heavy atom. The highest BCUT2D eigenvalue weighted by Gasteiger charge is 2.29. The first-order valence-electron chi connectivity index (χ1n) is 12.3. The Morgan fingerprint density at radius 3 is 2.49 bits per heavy atom. The Labute approximate surface area is 217 Å². The Hall–Kier alpha value is -3.85. The number of anilines is 1. The maximum absolute atomic E-state index is 13.8. The van der Waals surface area contributed by atoms with Gasteiger partial charge in [-0.1, -0.05) is 48.5 Å². The van der Waals surface area contributed by atoms with Gasteiger partial charge in [-0.05, 0) is 67.6 Å². The van der Waals surface area contributed by atoms with Gasteiger partial charge in [0, 0.05) is 18.7 Å². The molecule has 1 heterocycles. The largest absolute Gasteiger partial charge is 0.493 e. The van der Waals surface area contributed by atoms with Crippen molar-refractivity contribution in [2.24, 2.45) is 0 Å². The van der Waals surface area contributed by atoms with Gasteiger partial charge in [-0.25, -0.2) is 17.9 Å². The van der Waals surface area contributed by atoms with Crippen LogP contribution < -0.4 is 19.7 Å². The van der Waals surface area contributed by atoms with E-state index in [2.05, 4.69) is 10.0 Å². The van der Waals surface area contributed by atoms with E-state index in [0.29, 0.717) is 24.4 Å². The molecular formula is C28H31N3O5S. The first kappa shape index (κ1) is 26.2. The number of hydrogen-bond acceptors (Lipinski definition) is 5. The van der Waals surface area contributed by atoms with E-state index in [9.17, 15) is 18.0 Å². The summed E-state index contributed by atoms with van der Waals surface area (Å²) in [5.41, 5.74) is 3.07. The van der Waals surface area contributed by atoms with Crippen LogP contribution in [-0.4, -0.2) is 39.5 Å². The molecule has 3 amide bonds. The van der Waals surface area contributed by atoms with Crippen LogP contribution in [0.25, 0.3) is 0 Å². The predicted molar refractivity (Wildman–Crippen MR) is 142 cm³/mol. The standard InChI is InChI=1S/C28H31N3O5S/c1-3-31(23-15-16-25-22(19-23)13-9-17-36-25)27(32)24(18-21-11-5-4-6-12-21)29-28(33)30-37(34,35)26-14-8-7-10-20(26)2/h4-8,10-12,14-16,19,24H,3,9,13,17-18H2,1-2H3,(H2,29,30,33). The molecule has 8 nitrogen and oxygen atoms in total. The molecule has 0 fully saturated rings. The molecule has 194 valence electrons. The van der Waals surface area contributed by atoms with Crippen molar-refractivity contribution in [1.29, 1.82) is 0 Å². The van der Waals surface area contributed by atoms with Crippen LogP contribution in [0.3, 0.4) is 0 Å². The number of likely N-dealkylation sites (N-methyl/N-ethyl adjacent to an activating group) is 1. The van der Waals surface area contributed by atoms with Gasteiger partial charge in [-0.2, -0.15) is 0 Å². The number of ether oxygens (including phenoxy) is 1. The van der Waals surface area contributed by atoms with Crippen LogP contribution in [0.1, 0.15) is 30.0 Å². The number of carbonyl (C=O) groups is 2. The summed E-state index contributed by atoms with van der Waals surface area (Å²) < 4.78 is 33.4. The summed E-state index contributed by atoms with van der Waals surface area (Å²) in [6, 6.07) is 19.3. The first-order chi connectivity index (χ1) is 17.8. The molecule has 0 bridgehead atoms. The predicted octanol–water partition coefficient (Wildman–Crippen LogP) is 3.97. The van der Waals surface area contributed by atoms with Crippen molar-refractivity contribution < 1.29 is 22.7 Å². The average Bonchev–Trinajstić information content (AvgIpc) is 2.89. The fourth-order valence-corrected chi connectivity index (χ4v) is 5.60. The number of rotatable bonds is 8. The fourth-order valence-electron chi connectivity index (χ4n) is 4.44. The molecule has 0 radical (unpaired) electrons. The van der Waals surface area contributed by atoms with Crippen molar-refractivity contribution in [2.45, 2.75) is 44.0 Å². The topological polar surface area (TPSA) is 105 Å². The zero-order valence-electron chi connectivity index (χ0n) is 20.9. The molecule has 0 saturated carbocycles.